The SMILES string of the molecule is CCCCOc1c(C(=O)c2ccc3c(c2C)C2(CCC3)OCCO2)cnn1CC. The van der Waals surface area contributed by atoms with Crippen LogP contribution in [0, 0.1) is 6.92 Å². The molecular weight excluding hydrogens is 368 g/mol. The topological polar surface area (TPSA) is 62.6 Å². The monoisotopic (exact) mass is 398 g/mol. The van der Waals surface area contributed by atoms with Gasteiger partial charge in [0.1, 0.15) is 5.56 Å². The molecule has 0 radical (unpaired) electrons. The first kappa shape index (κ1) is 20.1. The van der Waals surface area contributed by atoms with E-state index in [9.17, 15) is 4.79 Å². The predicted octanol–water partition coefficient (Wildman–Crippen LogP) is 4.16. The second-order valence-corrected chi connectivity index (χ2v) is 7.79. The smallest absolute Gasteiger partial charge is 0.223 e. The van der Waals surface area contributed by atoms with Crippen LogP contribution >= 0.6 is 0 Å². The maximum Gasteiger partial charge on any atom is 0.223 e. The Kier molecular flexibility index (Phi) is 5.74. The average molecular weight is 399 g/mol. The van der Waals surface area contributed by atoms with Crippen molar-refractivity contribution < 1.29 is 19.0 Å². The van der Waals surface area contributed by atoms with Gasteiger partial charge in [0.2, 0.25) is 5.88 Å². The van der Waals surface area contributed by atoms with E-state index < -0.39 is 5.79 Å². The number of unbranched alkanes of at least 4 members (excludes halogenated alkanes) is 1. The minimum Gasteiger partial charge on any atom is -0.477 e. The Balaban J connectivity index is 1.73. The van der Waals surface area contributed by atoms with Gasteiger partial charge in [-0.3, -0.25) is 4.79 Å². The lowest BCUT2D eigenvalue weighted by Gasteiger charge is -2.35. The molecule has 156 valence electrons. The van der Waals surface area contributed by atoms with Crippen LogP contribution in [0.3, 0.4) is 0 Å². The van der Waals surface area contributed by atoms with E-state index in [0.29, 0.717) is 43.4 Å². The number of fused-ring (bicyclic) bond motifs is 2. The van der Waals surface area contributed by atoms with Crippen LogP contribution in [0.1, 0.15) is 72.1 Å². The van der Waals surface area contributed by atoms with Gasteiger partial charge >= 0.3 is 0 Å². The van der Waals surface area contributed by atoms with E-state index in [2.05, 4.69) is 18.1 Å². The molecule has 0 amide bonds. The van der Waals surface area contributed by atoms with Crippen molar-refractivity contribution in [3.05, 3.63) is 46.1 Å². The molecule has 6 nitrogen and oxygen atoms in total. The molecule has 1 aromatic carbocycles. The number of aryl methyl sites for hydroxylation is 2. The first-order chi connectivity index (χ1) is 14.1. The zero-order chi connectivity index (χ0) is 20.4. The molecule has 2 aliphatic rings. The molecule has 29 heavy (non-hydrogen) atoms. The Labute approximate surface area is 172 Å². The van der Waals surface area contributed by atoms with Crippen LogP contribution in [-0.4, -0.2) is 35.4 Å². The molecule has 1 fully saturated rings. The standard InChI is InChI=1S/C23H30N2O4/c1-4-6-12-27-22-19(15-24-25(22)5-2)21(26)18-10-9-17-8-7-11-23(20(17)16(18)3)28-13-14-29-23/h9-10,15H,4-8,11-14H2,1-3H3. The lowest BCUT2D eigenvalue weighted by molar-refractivity contribution is -0.175. The highest BCUT2D eigenvalue weighted by Gasteiger charge is 2.44. The molecule has 0 N–H and O–H groups in total. The summed E-state index contributed by atoms with van der Waals surface area (Å²) in [5, 5.41) is 4.37. The molecular formula is C23H30N2O4. The normalized spacial score (nSPS) is 17.5. The number of nitrogens with zero attached hydrogens (tertiary/aromatic N) is 2. The van der Waals surface area contributed by atoms with Gasteiger partial charge in [-0.2, -0.15) is 5.10 Å². The number of carbonyl (C=O) groups is 1. The van der Waals surface area contributed by atoms with Gasteiger partial charge in [-0.25, -0.2) is 4.68 Å². The maximum absolute atomic E-state index is 13.5. The Hall–Kier alpha value is -2.18. The summed E-state index contributed by atoms with van der Waals surface area (Å²) in [6, 6.07) is 3.99. The largest absolute Gasteiger partial charge is 0.477 e. The van der Waals surface area contributed by atoms with Crippen LogP contribution in [0.4, 0.5) is 0 Å². The third-order valence-electron chi connectivity index (χ3n) is 5.95. The Morgan fingerprint density at radius 3 is 2.76 bits per heavy atom. The van der Waals surface area contributed by atoms with E-state index in [-0.39, 0.29) is 5.78 Å². The number of ether oxygens (including phenoxy) is 3. The summed E-state index contributed by atoms with van der Waals surface area (Å²) in [6.45, 7) is 8.54. The summed E-state index contributed by atoms with van der Waals surface area (Å²) < 4.78 is 19.8. The van der Waals surface area contributed by atoms with Crippen LogP contribution in [0.15, 0.2) is 18.3 Å². The van der Waals surface area contributed by atoms with Crippen molar-refractivity contribution in [2.75, 3.05) is 19.8 Å². The molecule has 2 aromatic rings. The van der Waals surface area contributed by atoms with E-state index in [4.69, 9.17) is 14.2 Å². The number of benzene rings is 1. The number of hydrogen-bond acceptors (Lipinski definition) is 5. The van der Waals surface area contributed by atoms with Gasteiger partial charge in [0.15, 0.2) is 11.6 Å². The Morgan fingerprint density at radius 2 is 2.03 bits per heavy atom. The van der Waals surface area contributed by atoms with E-state index >= 15 is 0 Å². The minimum atomic E-state index is -0.692. The maximum atomic E-state index is 13.5. The van der Waals surface area contributed by atoms with E-state index in [1.165, 1.54) is 5.56 Å². The molecule has 6 heteroatoms. The van der Waals surface area contributed by atoms with Gasteiger partial charge in [0.25, 0.3) is 0 Å². The van der Waals surface area contributed by atoms with Crippen molar-refractivity contribution in [2.24, 2.45) is 0 Å². The zero-order valence-corrected chi connectivity index (χ0v) is 17.6. The zero-order valence-electron chi connectivity index (χ0n) is 17.6. The number of ketones is 1. The minimum absolute atomic E-state index is 0.0600. The van der Waals surface area contributed by atoms with Crippen LogP contribution in [-0.2, 0) is 28.2 Å². The lowest BCUT2D eigenvalue weighted by atomic mass is 9.81. The summed E-state index contributed by atoms with van der Waals surface area (Å²) >= 11 is 0. The summed E-state index contributed by atoms with van der Waals surface area (Å²) in [7, 11) is 0. The summed E-state index contributed by atoms with van der Waals surface area (Å²) in [5.74, 6) is -0.191. The van der Waals surface area contributed by atoms with Gasteiger partial charge < -0.3 is 14.2 Å². The fourth-order valence-corrected chi connectivity index (χ4v) is 4.50. The highest BCUT2D eigenvalue weighted by Crippen LogP contribution is 2.44. The molecule has 1 aliphatic carbocycles. The van der Waals surface area contributed by atoms with Crippen LogP contribution in [0.2, 0.25) is 0 Å². The molecule has 4 rings (SSSR count). The number of carbonyl (C=O) groups excluding carboxylic acids is 1. The van der Waals surface area contributed by atoms with Crippen molar-refractivity contribution in [3.63, 3.8) is 0 Å². The van der Waals surface area contributed by atoms with Gasteiger partial charge in [-0.15, -0.1) is 0 Å². The first-order valence-corrected chi connectivity index (χ1v) is 10.8. The highest BCUT2D eigenvalue weighted by atomic mass is 16.7. The van der Waals surface area contributed by atoms with Crippen LogP contribution in [0.25, 0.3) is 0 Å². The fraction of sp³-hybridized carbons (Fsp3) is 0.565. The van der Waals surface area contributed by atoms with E-state index in [1.807, 2.05) is 19.9 Å². The summed E-state index contributed by atoms with van der Waals surface area (Å²) in [4.78, 5) is 13.5. The molecule has 1 aromatic heterocycles. The van der Waals surface area contributed by atoms with Gasteiger partial charge in [0.05, 0.1) is 26.0 Å². The van der Waals surface area contributed by atoms with Crippen molar-refractivity contribution in [3.8, 4) is 5.88 Å². The second kappa shape index (κ2) is 8.28. The molecule has 2 heterocycles. The highest BCUT2D eigenvalue weighted by molar-refractivity contribution is 6.11. The summed E-state index contributed by atoms with van der Waals surface area (Å²) in [5.41, 5.74) is 4.39. The van der Waals surface area contributed by atoms with Crippen LogP contribution < -0.4 is 4.74 Å². The molecule has 0 bridgehead atoms. The van der Waals surface area contributed by atoms with Crippen molar-refractivity contribution in [1.82, 2.24) is 9.78 Å². The molecule has 0 atom stereocenters. The average Bonchev–Trinajstić information content (AvgIpc) is 3.35. The molecule has 1 aliphatic heterocycles. The molecule has 0 unspecified atom stereocenters. The fourth-order valence-electron chi connectivity index (χ4n) is 4.50. The van der Waals surface area contributed by atoms with E-state index in [1.54, 1.807) is 10.9 Å². The molecule has 1 saturated heterocycles. The predicted molar refractivity (Wildman–Crippen MR) is 109 cm³/mol. The van der Waals surface area contributed by atoms with Gasteiger partial charge in [-0.05, 0) is 44.2 Å². The Morgan fingerprint density at radius 1 is 1.24 bits per heavy atom. The molecule has 1 spiro atoms. The van der Waals surface area contributed by atoms with Gasteiger partial charge in [-0.1, -0.05) is 25.5 Å². The van der Waals surface area contributed by atoms with Crippen LogP contribution in [0.5, 0.6) is 5.88 Å². The third-order valence-corrected chi connectivity index (χ3v) is 5.95. The second-order valence-electron chi connectivity index (χ2n) is 7.79. The third kappa shape index (κ3) is 3.49. The number of rotatable bonds is 7. The van der Waals surface area contributed by atoms with E-state index in [0.717, 1.165) is 43.2 Å². The lowest BCUT2D eigenvalue weighted by Crippen LogP contribution is -2.33. The number of aromatic nitrogens is 2. The first-order valence-electron chi connectivity index (χ1n) is 10.8. The van der Waals surface area contributed by atoms with Crippen molar-refractivity contribution in [2.45, 2.75) is 65.2 Å². The quantitative estimate of drug-likeness (QED) is 0.518. The molecule has 0 saturated carbocycles. The Bertz CT molecular complexity index is 897. The van der Waals surface area contributed by atoms with Crippen molar-refractivity contribution >= 4 is 5.78 Å². The van der Waals surface area contributed by atoms with Gasteiger partial charge in [0, 0.05) is 24.1 Å². The number of hydrogen-bond donors (Lipinski definition) is 0. The summed E-state index contributed by atoms with van der Waals surface area (Å²) in [6.07, 6.45) is 6.45. The van der Waals surface area contributed by atoms with Crippen molar-refractivity contribution in [1.29, 1.82) is 0 Å².